The van der Waals surface area contributed by atoms with Gasteiger partial charge in [-0.1, -0.05) is 11.3 Å². The van der Waals surface area contributed by atoms with E-state index in [0.29, 0.717) is 49.2 Å². The normalized spacial score (nSPS) is 14.6. The third kappa shape index (κ3) is 5.42. The predicted octanol–water partition coefficient (Wildman–Crippen LogP) is 3.99. The number of carbonyl (C=O) groups excluding carboxylic acids is 1. The van der Waals surface area contributed by atoms with Crippen LogP contribution < -0.4 is 29.1 Å². The molecule has 5 rings (SSSR count). The number of nitro groups is 1. The zero-order valence-corrected chi connectivity index (χ0v) is 24.7. The van der Waals surface area contributed by atoms with Gasteiger partial charge >= 0.3 is 5.97 Å². The lowest BCUT2D eigenvalue weighted by molar-refractivity contribution is -0.384. The maximum atomic E-state index is 14.0. The molecule has 12 nitrogen and oxygen atoms in total. The molecule has 2 aromatic carbocycles. The molecule has 0 saturated heterocycles. The molecule has 0 radical (unpaired) electrons. The standard InChI is InChI=1S/C30H27N3O9S/c1-6-41-29(35)26-16(2)31-30-32(27(26)21-11-8-18(38-3)14-24(21)40-5)28(34)25(43-30)15-19-9-12-22(42-19)20-10-7-17(33(36)37)13-23(20)39-4/h7-15,27H,6H2,1-5H3/b25-15-. The van der Waals surface area contributed by atoms with Crippen molar-refractivity contribution in [3.05, 3.63) is 101 Å². The zero-order chi connectivity index (χ0) is 30.8. The SMILES string of the molecule is CCOC(=O)C1=C(C)N=c2s/c(=C\c3ccc(-c4ccc([N+](=O)[O-])cc4OC)o3)c(=O)n2C1c1ccc(OC)cc1OC. The van der Waals surface area contributed by atoms with Gasteiger partial charge in [0.05, 0.1) is 60.3 Å². The summed E-state index contributed by atoms with van der Waals surface area (Å²) in [5.41, 5.74) is 1.18. The number of nitrogens with zero attached hydrogens (tertiary/aromatic N) is 3. The number of non-ortho nitro benzene ring substituents is 1. The minimum absolute atomic E-state index is 0.117. The molecule has 1 aliphatic rings. The number of benzene rings is 2. The van der Waals surface area contributed by atoms with Crippen molar-refractivity contribution in [1.29, 1.82) is 0 Å². The number of thiazole rings is 1. The second-order valence-electron chi connectivity index (χ2n) is 9.25. The van der Waals surface area contributed by atoms with Crippen molar-refractivity contribution in [2.45, 2.75) is 19.9 Å². The van der Waals surface area contributed by atoms with Gasteiger partial charge in [0.1, 0.15) is 34.8 Å². The van der Waals surface area contributed by atoms with Crippen molar-refractivity contribution in [3.63, 3.8) is 0 Å². The van der Waals surface area contributed by atoms with Crippen LogP contribution in [0.25, 0.3) is 17.4 Å². The van der Waals surface area contributed by atoms with E-state index in [2.05, 4.69) is 4.99 Å². The van der Waals surface area contributed by atoms with Crippen LogP contribution in [0.4, 0.5) is 5.69 Å². The highest BCUT2D eigenvalue weighted by Gasteiger charge is 2.35. The van der Waals surface area contributed by atoms with Gasteiger partial charge in [0, 0.05) is 23.8 Å². The summed E-state index contributed by atoms with van der Waals surface area (Å²) in [6.45, 7) is 3.55. The predicted molar refractivity (Wildman–Crippen MR) is 157 cm³/mol. The highest BCUT2D eigenvalue weighted by atomic mass is 32.1. The molecule has 4 aromatic rings. The Balaban J connectivity index is 1.64. The van der Waals surface area contributed by atoms with Crippen molar-refractivity contribution >= 4 is 29.1 Å². The van der Waals surface area contributed by atoms with Gasteiger partial charge < -0.3 is 23.4 Å². The number of aromatic nitrogens is 1. The van der Waals surface area contributed by atoms with E-state index in [9.17, 15) is 19.7 Å². The number of fused-ring (bicyclic) bond motifs is 1. The van der Waals surface area contributed by atoms with E-state index in [1.54, 1.807) is 50.3 Å². The lowest BCUT2D eigenvalue weighted by Gasteiger charge is -2.26. The van der Waals surface area contributed by atoms with Gasteiger partial charge in [0.25, 0.3) is 11.2 Å². The molecule has 0 N–H and O–H groups in total. The molecular formula is C30H27N3O9S. The van der Waals surface area contributed by atoms with Gasteiger partial charge in [-0.2, -0.15) is 0 Å². The lowest BCUT2D eigenvalue weighted by Crippen LogP contribution is -2.40. The fourth-order valence-corrected chi connectivity index (χ4v) is 5.86. The summed E-state index contributed by atoms with van der Waals surface area (Å²) in [7, 11) is 4.44. The second-order valence-corrected chi connectivity index (χ2v) is 10.3. The molecule has 1 aliphatic heterocycles. The summed E-state index contributed by atoms with van der Waals surface area (Å²) in [6, 6.07) is 11.8. The van der Waals surface area contributed by atoms with Gasteiger partial charge in [-0.05, 0) is 44.2 Å². The maximum absolute atomic E-state index is 14.0. The van der Waals surface area contributed by atoms with Crippen molar-refractivity contribution in [2.75, 3.05) is 27.9 Å². The van der Waals surface area contributed by atoms with E-state index in [-0.39, 0.29) is 23.6 Å². The maximum Gasteiger partial charge on any atom is 0.338 e. The first-order valence-corrected chi connectivity index (χ1v) is 13.9. The first-order chi connectivity index (χ1) is 20.7. The van der Waals surface area contributed by atoms with Crippen molar-refractivity contribution < 1.29 is 33.1 Å². The minimum atomic E-state index is -0.880. The van der Waals surface area contributed by atoms with E-state index in [1.165, 1.54) is 44.1 Å². The van der Waals surface area contributed by atoms with Crippen LogP contribution in [0.1, 0.15) is 31.2 Å². The fraction of sp³-hybridized carbons (Fsp3) is 0.233. The molecule has 1 atom stereocenters. The molecular weight excluding hydrogens is 578 g/mol. The number of esters is 1. The van der Waals surface area contributed by atoms with Gasteiger partial charge in [0.2, 0.25) is 0 Å². The molecule has 43 heavy (non-hydrogen) atoms. The fourth-order valence-electron chi connectivity index (χ4n) is 4.83. The van der Waals surface area contributed by atoms with Crippen LogP contribution in [0.3, 0.4) is 0 Å². The molecule has 1 unspecified atom stereocenters. The smallest absolute Gasteiger partial charge is 0.338 e. The van der Waals surface area contributed by atoms with E-state index >= 15 is 0 Å². The zero-order valence-electron chi connectivity index (χ0n) is 23.9. The summed E-state index contributed by atoms with van der Waals surface area (Å²) in [5, 5.41) is 11.2. The number of hydrogen-bond donors (Lipinski definition) is 0. The number of allylic oxidation sites excluding steroid dienone is 1. The summed E-state index contributed by atoms with van der Waals surface area (Å²) in [4.78, 5) is 42.8. The number of ether oxygens (including phenoxy) is 4. The van der Waals surface area contributed by atoms with E-state index in [0.717, 1.165) is 11.3 Å². The lowest BCUT2D eigenvalue weighted by atomic mass is 9.95. The van der Waals surface area contributed by atoms with Crippen LogP contribution in [0.15, 0.2) is 74.0 Å². The average molecular weight is 606 g/mol. The van der Waals surface area contributed by atoms with Crippen molar-refractivity contribution in [3.8, 4) is 28.6 Å². The Morgan fingerprint density at radius 3 is 2.53 bits per heavy atom. The Hall–Kier alpha value is -5.17. The van der Waals surface area contributed by atoms with Gasteiger partial charge in [-0.25, -0.2) is 9.79 Å². The molecule has 0 bridgehead atoms. The van der Waals surface area contributed by atoms with E-state index < -0.39 is 22.5 Å². The summed E-state index contributed by atoms with van der Waals surface area (Å²) in [6.07, 6.45) is 1.58. The van der Waals surface area contributed by atoms with Gasteiger partial charge in [-0.3, -0.25) is 19.5 Å². The molecule has 222 valence electrons. The minimum Gasteiger partial charge on any atom is -0.497 e. The van der Waals surface area contributed by atoms with Crippen molar-refractivity contribution in [1.82, 2.24) is 4.57 Å². The molecule has 0 saturated carbocycles. The Labute approximate surface area is 248 Å². The summed E-state index contributed by atoms with van der Waals surface area (Å²) >= 11 is 1.14. The van der Waals surface area contributed by atoms with Gasteiger partial charge in [0.15, 0.2) is 4.80 Å². The quantitative estimate of drug-likeness (QED) is 0.157. The molecule has 3 heterocycles. The first-order valence-electron chi connectivity index (χ1n) is 13.0. The van der Waals surface area contributed by atoms with E-state index in [1.807, 2.05) is 0 Å². The van der Waals surface area contributed by atoms with Crippen LogP contribution in [0.2, 0.25) is 0 Å². The largest absolute Gasteiger partial charge is 0.497 e. The molecule has 2 aromatic heterocycles. The number of hydrogen-bond acceptors (Lipinski definition) is 11. The van der Waals surface area contributed by atoms with Crippen LogP contribution in [-0.2, 0) is 9.53 Å². The number of carbonyl (C=O) groups is 1. The number of furan rings is 1. The Kier molecular flexibility index (Phi) is 8.17. The molecule has 0 aliphatic carbocycles. The molecule has 0 amide bonds. The van der Waals surface area contributed by atoms with Crippen LogP contribution in [0.5, 0.6) is 17.2 Å². The monoisotopic (exact) mass is 605 g/mol. The summed E-state index contributed by atoms with van der Waals surface area (Å²) in [5.74, 6) is 1.40. The Bertz CT molecular complexity index is 1950. The average Bonchev–Trinajstić information content (AvgIpc) is 3.59. The van der Waals surface area contributed by atoms with Crippen LogP contribution in [0, 0.1) is 10.1 Å². The number of rotatable bonds is 9. The number of methoxy groups -OCH3 is 3. The third-order valence-electron chi connectivity index (χ3n) is 6.81. The molecule has 0 spiro atoms. The van der Waals surface area contributed by atoms with Crippen LogP contribution >= 0.6 is 11.3 Å². The Morgan fingerprint density at radius 1 is 1.09 bits per heavy atom. The highest BCUT2D eigenvalue weighted by molar-refractivity contribution is 7.07. The molecule has 13 heteroatoms. The summed E-state index contributed by atoms with van der Waals surface area (Å²) < 4.78 is 29.4. The van der Waals surface area contributed by atoms with E-state index in [4.69, 9.17) is 23.4 Å². The second kappa shape index (κ2) is 12.0. The first kappa shape index (κ1) is 29.3. The third-order valence-corrected chi connectivity index (χ3v) is 7.80. The molecule has 0 fully saturated rings. The highest BCUT2D eigenvalue weighted by Crippen LogP contribution is 2.38. The number of nitro benzene ring substituents is 1. The van der Waals surface area contributed by atoms with Crippen molar-refractivity contribution in [2.24, 2.45) is 4.99 Å². The topological polar surface area (TPSA) is 145 Å². The van der Waals surface area contributed by atoms with Crippen LogP contribution in [-0.4, -0.2) is 43.4 Å². The Morgan fingerprint density at radius 2 is 1.86 bits per heavy atom. The van der Waals surface area contributed by atoms with Gasteiger partial charge in [-0.15, -0.1) is 0 Å².